The average molecular weight is 275 g/mol. The van der Waals surface area contributed by atoms with E-state index in [1.165, 1.54) is 6.39 Å². The Hall–Kier alpha value is -2.51. The van der Waals surface area contributed by atoms with Crippen LogP contribution in [0, 0.1) is 6.92 Å². The molecule has 0 N–H and O–H groups in total. The van der Waals surface area contributed by atoms with Gasteiger partial charge < -0.3 is 13.5 Å². The number of rotatable bonds is 6. The summed E-state index contributed by atoms with van der Waals surface area (Å²) in [7, 11) is 0. The molecule has 3 aromatic heterocycles. The Balaban J connectivity index is 1.51. The Morgan fingerprint density at radius 1 is 0.950 bits per heavy atom. The molecule has 0 amide bonds. The van der Waals surface area contributed by atoms with E-state index < -0.39 is 0 Å². The first-order chi connectivity index (χ1) is 9.79. The van der Waals surface area contributed by atoms with Crippen molar-refractivity contribution in [1.82, 2.24) is 25.3 Å². The number of aryl methyl sites for hydroxylation is 5. The molecule has 3 heterocycles. The molecule has 8 nitrogen and oxygen atoms in total. The number of hydrogen-bond acceptors (Lipinski definition) is 8. The van der Waals surface area contributed by atoms with Crippen LogP contribution >= 0.6 is 0 Å². The van der Waals surface area contributed by atoms with Gasteiger partial charge in [-0.25, -0.2) is 4.98 Å². The maximum Gasteiger partial charge on any atom is 0.227 e. The van der Waals surface area contributed by atoms with Crippen molar-refractivity contribution in [3.63, 3.8) is 0 Å². The molecule has 3 rings (SSSR count). The van der Waals surface area contributed by atoms with E-state index >= 15 is 0 Å². The highest BCUT2D eigenvalue weighted by molar-refractivity contribution is 4.96. The van der Waals surface area contributed by atoms with Crippen molar-refractivity contribution in [3.05, 3.63) is 41.8 Å². The van der Waals surface area contributed by atoms with Crippen LogP contribution in [0.4, 0.5) is 0 Å². The van der Waals surface area contributed by atoms with E-state index in [4.69, 9.17) is 8.94 Å². The Morgan fingerprint density at radius 3 is 2.55 bits per heavy atom. The van der Waals surface area contributed by atoms with Crippen molar-refractivity contribution in [2.45, 2.75) is 32.6 Å². The quantitative estimate of drug-likeness (QED) is 0.663. The predicted molar refractivity (Wildman–Crippen MR) is 64.7 cm³/mol. The van der Waals surface area contributed by atoms with Crippen LogP contribution < -0.4 is 0 Å². The molecule has 0 spiro atoms. The first kappa shape index (κ1) is 12.5. The second-order valence-corrected chi connectivity index (χ2v) is 4.33. The lowest BCUT2D eigenvalue weighted by Gasteiger charge is -1.90. The number of hydrogen-bond donors (Lipinski definition) is 0. The molecule has 0 unspecified atom stereocenters. The second kappa shape index (κ2) is 5.64. The smallest absolute Gasteiger partial charge is 0.227 e. The van der Waals surface area contributed by atoms with Crippen LogP contribution in [0.15, 0.2) is 26.1 Å². The van der Waals surface area contributed by atoms with Crippen LogP contribution in [0.3, 0.4) is 0 Å². The lowest BCUT2D eigenvalue weighted by molar-refractivity contribution is 0.367. The highest BCUT2D eigenvalue weighted by Crippen LogP contribution is 2.07. The fourth-order valence-electron chi connectivity index (χ4n) is 1.75. The van der Waals surface area contributed by atoms with Crippen LogP contribution in [0.2, 0.25) is 0 Å². The van der Waals surface area contributed by atoms with Crippen molar-refractivity contribution in [1.29, 1.82) is 0 Å². The normalized spacial score (nSPS) is 11.1. The van der Waals surface area contributed by atoms with E-state index in [0.717, 1.165) is 5.69 Å². The van der Waals surface area contributed by atoms with Gasteiger partial charge in [0.2, 0.25) is 12.3 Å². The zero-order valence-corrected chi connectivity index (χ0v) is 10.9. The molecule has 20 heavy (non-hydrogen) atoms. The summed E-state index contributed by atoms with van der Waals surface area (Å²) in [6.07, 6.45) is 5.40. The van der Waals surface area contributed by atoms with Gasteiger partial charge in [0.1, 0.15) is 6.26 Å². The van der Waals surface area contributed by atoms with Crippen LogP contribution in [0.5, 0.6) is 0 Å². The maximum absolute atomic E-state index is 5.26. The highest BCUT2D eigenvalue weighted by atomic mass is 16.5. The average Bonchev–Trinajstić information content (AvgIpc) is 3.16. The monoisotopic (exact) mass is 275 g/mol. The predicted octanol–water partition coefficient (Wildman–Crippen LogP) is 1.32. The summed E-state index contributed by atoms with van der Waals surface area (Å²) in [5, 5.41) is 7.63. The standard InChI is InChI=1S/C12H13N5O3/c1-8-6-18-11(14-8)4-5-12-15-10(17-20-12)3-2-9-13-7-19-16-9/h6-7H,2-5H2,1H3. The minimum atomic E-state index is 0.573. The van der Waals surface area contributed by atoms with Gasteiger partial charge in [-0.3, -0.25) is 0 Å². The summed E-state index contributed by atoms with van der Waals surface area (Å²) >= 11 is 0. The van der Waals surface area contributed by atoms with E-state index in [-0.39, 0.29) is 0 Å². The van der Waals surface area contributed by atoms with Crippen LogP contribution in [-0.4, -0.2) is 25.3 Å². The molecular formula is C12H13N5O3. The summed E-state index contributed by atoms with van der Waals surface area (Å²) in [5.74, 6) is 2.51. The molecule has 0 bridgehead atoms. The summed E-state index contributed by atoms with van der Waals surface area (Å²) in [5.41, 5.74) is 0.867. The number of oxazole rings is 1. The summed E-state index contributed by atoms with van der Waals surface area (Å²) < 4.78 is 15.1. The molecule has 0 aromatic carbocycles. The first-order valence-corrected chi connectivity index (χ1v) is 6.27. The van der Waals surface area contributed by atoms with Gasteiger partial charge in [-0.05, 0) is 6.92 Å². The highest BCUT2D eigenvalue weighted by Gasteiger charge is 2.10. The van der Waals surface area contributed by atoms with Gasteiger partial charge in [-0.15, -0.1) is 0 Å². The van der Waals surface area contributed by atoms with Crippen molar-refractivity contribution in [3.8, 4) is 0 Å². The van der Waals surface area contributed by atoms with E-state index in [2.05, 4.69) is 29.8 Å². The Bertz CT molecular complexity index is 658. The maximum atomic E-state index is 5.26. The molecule has 0 atom stereocenters. The lowest BCUT2D eigenvalue weighted by atomic mass is 10.3. The largest absolute Gasteiger partial charge is 0.449 e. The van der Waals surface area contributed by atoms with Crippen LogP contribution in [0.1, 0.15) is 29.1 Å². The van der Waals surface area contributed by atoms with Crippen molar-refractivity contribution in [2.24, 2.45) is 0 Å². The lowest BCUT2D eigenvalue weighted by Crippen LogP contribution is -1.96. The Morgan fingerprint density at radius 2 is 1.80 bits per heavy atom. The third-order valence-electron chi connectivity index (χ3n) is 2.71. The minimum absolute atomic E-state index is 0.573. The molecule has 0 aliphatic rings. The Labute approximate surface area is 114 Å². The molecule has 0 radical (unpaired) electrons. The van der Waals surface area contributed by atoms with Gasteiger partial charge in [0, 0.05) is 25.7 Å². The van der Waals surface area contributed by atoms with Crippen molar-refractivity contribution in [2.75, 3.05) is 0 Å². The summed E-state index contributed by atoms with van der Waals surface area (Å²) in [4.78, 5) is 12.4. The SMILES string of the molecule is Cc1coc(CCc2nc(CCc3ncon3)no2)n1. The molecule has 0 fully saturated rings. The van der Waals surface area contributed by atoms with E-state index in [0.29, 0.717) is 49.1 Å². The molecule has 104 valence electrons. The second-order valence-electron chi connectivity index (χ2n) is 4.33. The van der Waals surface area contributed by atoms with Gasteiger partial charge in [-0.1, -0.05) is 10.3 Å². The molecule has 0 aliphatic heterocycles. The van der Waals surface area contributed by atoms with Gasteiger partial charge in [0.15, 0.2) is 17.5 Å². The molecule has 0 saturated heterocycles. The zero-order valence-electron chi connectivity index (χ0n) is 10.9. The summed E-state index contributed by atoms with van der Waals surface area (Å²) in [6, 6.07) is 0. The van der Waals surface area contributed by atoms with E-state index in [1.807, 2.05) is 6.92 Å². The molecule has 3 aromatic rings. The summed E-state index contributed by atoms with van der Waals surface area (Å²) in [6.45, 7) is 1.88. The Kier molecular flexibility index (Phi) is 3.53. The van der Waals surface area contributed by atoms with Gasteiger partial charge in [0.05, 0.1) is 5.69 Å². The van der Waals surface area contributed by atoms with Gasteiger partial charge in [-0.2, -0.15) is 9.97 Å². The topological polar surface area (TPSA) is 104 Å². The molecule has 0 saturated carbocycles. The molecule has 8 heteroatoms. The van der Waals surface area contributed by atoms with Crippen molar-refractivity contribution >= 4 is 0 Å². The van der Waals surface area contributed by atoms with E-state index in [1.54, 1.807) is 6.26 Å². The number of aromatic nitrogens is 5. The van der Waals surface area contributed by atoms with Crippen molar-refractivity contribution < 1.29 is 13.5 Å². The van der Waals surface area contributed by atoms with Crippen LogP contribution in [-0.2, 0) is 25.7 Å². The third-order valence-corrected chi connectivity index (χ3v) is 2.71. The molecular weight excluding hydrogens is 262 g/mol. The fourth-order valence-corrected chi connectivity index (χ4v) is 1.75. The van der Waals surface area contributed by atoms with E-state index in [9.17, 15) is 0 Å². The zero-order chi connectivity index (χ0) is 13.8. The first-order valence-electron chi connectivity index (χ1n) is 6.27. The number of nitrogens with zero attached hydrogens (tertiary/aromatic N) is 5. The van der Waals surface area contributed by atoms with Crippen LogP contribution in [0.25, 0.3) is 0 Å². The fraction of sp³-hybridized carbons (Fsp3) is 0.417. The third kappa shape index (κ3) is 3.08. The minimum Gasteiger partial charge on any atom is -0.449 e. The molecule has 0 aliphatic carbocycles. The van der Waals surface area contributed by atoms with Gasteiger partial charge >= 0.3 is 0 Å². The van der Waals surface area contributed by atoms with Gasteiger partial charge in [0.25, 0.3) is 0 Å².